The highest BCUT2D eigenvalue weighted by Gasteiger charge is 2.33. The van der Waals surface area contributed by atoms with E-state index < -0.39 is 17.8 Å². The van der Waals surface area contributed by atoms with Gasteiger partial charge in [0.2, 0.25) is 5.91 Å². The van der Waals surface area contributed by atoms with Crippen molar-refractivity contribution in [2.75, 3.05) is 5.43 Å². The summed E-state index contributed by atoms with van der Waals surface area (Å²) in [5.74, 6) is -0.891. The maximum atomic E-state index is 12.7. The molecular weight excluding hydrogens is 345 g/mol. The normalized spacial score (nSPS) is 10.8. The topological polar surface area (TPSA) is 77.8 Å². The molecule has 2 rings (SSSR count). The summed E-state index contributed by atoms with van der Waals surface area (Å²) in [4.78, 5) is 15.1. The summed E-state index contributed by atoms with van der Waals surface area (Å²) in [6.45, 7) is 0. The van der Waals surface area contributed by atoms with Gasteiger partial charge in [-0.1, -0.05) is 23.7 Å². The predicted molar refractivity (Wildman–Crippen MR) is 80.9 cm³/mol. The average Bonchev–Trinajstić information content (AvgIpc) is 2.54. The first-order valence-corrected chi connectivity index (χ1v) is 6.95. The van der Waals surface area contributed by atoms with Crippen LogP contribution in [-0.2, 0) is 17.4 Å². The van der Waals surface area contributed by atoms with Gasteiger partial charge < -0.3 is 0 Å². The average molecular weight is 355 g/mol. The number of halogens is 4. The zero-order chi connectivity index (χ0) is 17.7. The molecule has 0 unspecified atom stereocenters. The Morgan fingerprint density at radius 2 is 1.88 bits per heavy atom. The van der Waals surface area contributed by atoms with E-state index in [2.05, 4.69) is 15.8 Å². The molecule has 0 saturated carbocycles. The summed E-state index contributed by atoms with van der Waals surface area (Å²) in [5.41, 5.74) is 3.82. The molecule has 0 bridgehead atoms. The van der Waals surface area contributed by atoms with E-state index in [1.807, 2.05) is 0 Å². The van der Waals surface area contributed by atoms with Crippen LogP contribution in [0.3, 0.4) is 0 Å². The Balaban J connectivity index is 2.06. The molecule has 1 amide bonds. The van der Waals surface area contributed by atoms with E-state index in [4.69, 9.17) is 16.9 Å². The molecule has 1 aromatic heterocycles. The first-order chi connectivity index (χ1) is 11.3. The number of nitriles is 1. The smallest absolute Gasteiger partial charge is 0.281 e. The van der Waals surface area contributed by atoms with Crippen molar-refractivity contribution in [3.8, 4) is 6.07 Å². The van der Waals surface area contributed by atoms with Crippen molar-refractivity contribution in [2.24, 2.45) is 0 Å². The van der Waals surface area contributed by atoms with Gasteiger partial charge in [-0.3, -0.25) is 15.6 Å². The molecule has 0 aliphatic rings. The number of benzene rings is 1. The number of hydrogen-bond acceptors (Lipinski definition) is 4. The van der Waals surface area contributed by atoms with Crippen molar-refractivity contribution in [3.63, 3.8) is 0 Å². The number of alkyl halides is 3. The highest BCUT2D eigenvalue weighted by atomic mass is 35.5. The van der Waals surface area contributed by atoms with Crippen LogP contribution in [0.15, 0.2) is 36.4 Å². The lowest BCUT2D eigenvalue weighted by Crippen LogP contribution is -2.31. The van der Waals surface area contributed by atoms with E-state index in [1.165, 1.54) is 0 Å². The summed E-state index contributed by atoms with van der Waals surface area (Å²) in [6.07, 6.45) is -4.68. The summed E-state index contributed by atoms with van der Waals surface area (Å²) < 4.78 is 38.0. The van der Waals surface area contributed by atoms with Crippen LogP contribution < -0.4 is 10.9 Å². The molecule has 124 valence electrons. The predicted octanol–water partition coefficient (Wildman–Crippen LogP) is 3.31. The molecule has 0 aliphatic carbocycles. The van der Waals surface area contributed by atoms with Gasteiger partial charge in [-0.05, 0) is 29.8 Å². The first kappa shape index (κ1) is 17.6. The van der Waals surface area contributed by atoms with Crippen molar-refractivity contribution in [2.45, 2.75) is 12.6 Å². The molecule has 0 spiro atoms. The van der Waals surface area contributed by atoms with E-state index in [0.717, 1.165) is 6.07 Å². The maximum absolute atomic E-state index is 12.7. The third-order valence-electron chi connectivity index (χ3n) is 2.90. The van der Waals surface area contributed by atoms with Gasteiger partial charge in [0.15, 0.2) is 5.82 Å². The molecule has 0 radical (unpaired) electrons. The van der Waals surface area contributed by atoms with Gasteiger partial charge in [-0.25, -0.2) is 4.98 Å². The first-order valence-electron chi connectivity index (χ1n) is 6.57. The number of pyridine rings is 1. The second kappa shape index (κ2) is 7.19. The zero-order valence-electron chi connectivity index (χ0n) is 12.0. The SMILES string of the molecule is N#Cc1ccc(C(F)(F)F)nc1NNC(=O)Cc1ccc(Cl)cc1. The number of hydrogen-bond donors (Lipinski definition) is 2. The molecular formula is C15H10ClF3N4O. The number of aromatic nitrogens is 1. The van der Waals surface area contributed by atoms with Gasteiger partial charge in [-0.15, -0.1) is 0 Å². The Bertz CT molecular complexity index is 785. The second-order valence-corrected chi connectivity index (χ2v) is 5.12. The summed E-state index contributed by atoms with van der Waals surface area (Å²) in [5, 5.41) is 9.42. The molecule has 2 aromatic rings. The van der Waals surface area contributed by atoms with E-state index in [0.29, 0.717) is 16.7 Å². The van der Waals surface area contributed by atoms with Crippen LogP contribution in [0.2, 0.25) is 5.02 Å². The number of hydrazine groups is 1. The van der Waals surface area contributed by atoms with E-state index in [1.54, 1.807) is 30.3 Å². The van der Waals surface area contributed by atoms with Crippen LogP contribution in [0.1, 0.15) is 16.8 Å². The fourth-order valence-corrected chi connectivity index (χ4v) is 1.89. The molecule has 0 fully saturated rings. The fourth-order valence-electron chi connectivity index (χ4n) is 1.76. The Morgan fingerprint density at radius 3 is 2.46 bits per heavy atom. The minimum Gasteiger partial charge on any atom is -0.281 e. The summed E-state index contributed by atoms with van der Waals surface area (Å²) >= 11 is 5.73. The Morgan fingerprint density at radius 1 is 1.21 bits per heavy atom. The van der Waals surface area contributed by atoms with Crippen molar-refractivity contribution >= 4 is 23.3 Å². The lowest BCUT2D eigenvalue weighted by Gasteiger charge is -2.12. The van der Waals surface area contributed by atoms with Crippen LogP contribution in [0.4, 0.5) is 19.0 Å². The van der Waals surface area contributed by atoms with Crippen LogP contribution in [0.5, 0.6) is 0 Å². The van der Waals surface area contributed by atoms with Crippen molar-refractivity contribution in [1.82, 2.24) is 10.4 Å². The largest absolute Gasteiger partial charge is 0.433 e. The summed E-state index contributed by atoms with van der Waals surface area (Å²) in [7, 11) is 0. The van der Waals surface area contributed by atoms with Gasteiger partial charge >= 0.3 is 6.18 Å². The number of rotatable bonds is 4. The van der Waals surface area contributed by atoms with E-state index >= 15 is 0 Å². The van der Waals surface area contributed by atoms with Crippen LogP contribution in [-0.4, -0.2) is 10.9 Å². The van der Waals surface area contributed by atoms with Crippen LogP contribution in [0, 0.1) is 11.3 Å². The molecule has 9 heteroatoms. The quantitative estimate of drug-likeness (QED) is 0.826. The third-order valence-corrected chi connectivity index (χ3v) is 3.16. The van der Waals surface area contributed by atoms with Crippen LogP contribution in [0.25, 0.3) is 0 Å². The number of carbonyl (C=O) groups excluding carboxylic acids is 1. The zero-order valence-corrected chi connectivity index (χ0v) is 12.7. The van der Waals surface area contributed by atoms with Crippen molar-refractivity contribution < 1.29 is 18.0 Å². The minimum atomic E-state index is -4.66. The monoisotopic (exact) mass is 354 g/mol. The summed E-state index contributed by atoms with van der Waals surface area (Å²) in [6, 6.07) is 9.87. The molecule has 2 N–H and O–H groups in total. The molecule has 5 nitrogen and oxygen atoms in total. The number of carbonyl (C=O) groups is 1. The number of amides is 1. The molecule has 0 atom stereocenters. The molecule has 24 heavy (non-hydrogen) atoms. The third kappa shape index (κ3) is 4.60. The van der Waals surface area contributed by atoms with Gasteiger partial charge in [0.05, 0.1) is 12.0 Å². The number of nitrogens with zero attached hydrogens (tertiary/aromatic N) is 2. The highest BCUT2D eigenvalue weighted by molar-refractivity contribution is 6.30. The molecule has 1 aromatic carbocycles. The molecule has 1 heterocycles. The molecule has 0 saturated heterocycles. The van der Waals surface area contributed by atoms with E-state index in [9.17, 15) is 18.0 Å². The van der Waals surface area contributed by atoms with Gasteiger partial charge in [0.1, 0.15) is 11.8 Å². The van der Waals surface area contributed by atoms with Gasteiger partial charge in [0.25, 0.3) is 0 Å². The molecule has 0 aliphatic heterocycles. The maximum Gasteiger partial charge on any atom is 0.433 e. The standard InChI is InChI=1S/C15H10ClF3N4O/c16-11-4-1-9(2-5-11)7-13(24)22-23-14-10(8-20)3-6-12(21-14)15(17,18)19/h1-6H,7H2,(H,21,23)(H,22,24). The Labute approximate surface area is 140 Å². The highest BCUT2D eigenvalue weighted by Crippen LogP contribution is 2.29. The van der Waals surface area contributed by atoms with Crippen molar-refractivity contribution in [3.05, 3.63) is 58.2 Å². The van der Waals surface area contributed by atoms with Gasteiger partial charge in [0, 0.05) is 5.02 Å². The lowest BCUT2D eigenvalue weighted by atomic mass is 10.1. The fraction of sp³-hybridized carbons (Fsp3) is 0.133. The number of anilines is 1. The van der Waals surface area contributed by atoms with Crippen molar-refractivity contribution in [1.29, 1.82) is 5.26 Å². The van der Waals surface area contributed by atoms with Crippen LogP contribution >= 0.6 is 11.6 Å². The van der Waals surface area contributed by atoms with Gasteiger partial charge in [-0.2, -0.15) is 18.4 Å². The lowest BCUT2D eigenvalue weighted by molar-refractivity contribution is -0.141. The van der Waals surface area contributed by atoms with E-state index in [-0.39, 0.29) is 17.8 Å². The number of nitrogens with one attached hydrogen (secondary N) is 2. The second-order valence-electron chi connectivity index (χ2n) is 4.68. The Kier molecular flexibility index (Phi) is 5.26. The minimum absolute atomic E-state index is 0.0228. The Hall–Kier alpha value is -2.79.